The summed E-state index contributed by atoms with van der Waals surface area (Å²) in [4.78, 5) is 0. The van der Waals surface area contributed by atoms with Crippen LogP contribution in [0.1, 0.15) is 108 Å². The van der Waals surface area contributed by atoms with Gasteiger partial charge in [0.15, 0.2) is 0 Å². The van der Waals surface area contributed by atoms with E-state index in [4.69, 9.17) is 0 Å². The molecule has 4 aromatic rings. The predicted molar refractivity (Wildman–Crippen MR) is 196 cm³/mol. The molecule has 52 heavy (non-hydrogen) atoms. The van der Waals surface area contributed by atoms with Crippen LogP contribution in [0.4, 0.5) is 0 Å². The zero-order chi connectivity index (χ0) is 36.7. The Labute approximate surface area is 354 Å². The maximum Gasteiger partial charge on any atom is 1.00 e. The Balaban J connectivity index is 0.000000529. The van der Waals surface area contributed by atoms with Crippen molar-refractivity contribution in [2.24, 2.45) is 0 Å². The number of fused-ring (bicyclic) bond motifs is 2. The van der Waals surface area contributed by atoms with Crippen LogP contribution in [0.25, 0.3) is 21.5 Å². The number of unbranched alkanes of at least 4 members (excludes halogenated alkanes) is 13. The molecule has 0 aliphatic heterocycles. The first-order chi connectivity index (χ1) is 23.7. The zero-order valence-corrected chi connectivity index (χ0v) is 37.0. The second-order valence-corrected chi connectivity index (χ2v) is 16.8. The van der Waals surface area contributed by atoms with Gasteiger partial charge >= 0.3 is 59.1 Å². The van der Waals surface area contributed by atoms with Crippen LogP contribution in [0, 0.1) is 0 Å². The number of rotatable bonds is 20. The van der Waals surface area contributed by atoms with E-state index in [0.717, 1.165) is 12.8 Å². The van der Waals surface area contributed by atoms with Gasteiger partial charge in [0, 0.05) is 11.1 Å². The fourth-order valence-electron chi connectivity index (χ4n) is 6.30. The molecule has 0 saturated carbocycles. The van der Waals surface area contributed by atoms with Crippen molar-refractivity contribution >= 4 is 52.2 Å². The molecule has 0 fully saturated rings. The zero-order valence-electron chi connectivity index (χ0n) is 30.5. The molecule has 1 N–H and O–H groups in total. The minimum Gasteiger partial charge on any atom is -0.746 e. The molecule has 0 radical (unpaired) electrons. The molecule has 0 aliphatic carbocycles. The Morgan fingerprint density at radius 2 is 0.885 bits per heavy atom. The molecule has 15 heteroatoms. The van der Waals surface area contributed by atoms with Gasteiger partial charge < -0.3 is 9.11 Å². The van der Waals surface area contributed by atoms with Gasteiger partial charge in [-0.15, -0.1) is 0 Å². The molecule has 10 nitrogen and oxygen atoms in total. The monoisotopic (exact) mass is 794 g/mol. The third-order valence-corrected chi connectivity index (χ3v) is 12.7. The molecule has 0 heterocycles. The molecular formula is C37H48Na2O10S3. The standard InChI is InChI=1S/C21H16O6S2.C16H34O4S.2Na/c22-28(23,24)21(29(25,26)27,19-13-5-9-15-7-1-3-11-17(15)19)20-14-6-10-16-8-2-4-12-18(16)20;1-2-3-4-5-6-7-8-9-10-11-12-13-14-15-16-20-21(17,18)19;;/h1-14H,(H,22,23,24)(H,25,26,27);2-16H2,1H3,(H,17,18,19);;/q;;2*+1/p-2. The topological polar surface area (TPSA) is 178 Å². The molecule has 0 saturated heterocycles. The van der Waals surface area contributed by atoms with Crippen LogP contribution in [-0.2, 0) is 38.9 Å². The summed E-state index contributed by atoms with van der Waals surface area (Å²) >= 11 is 0. The Morgan fingerprint density at radius 1 is 0.538 bits per heavy atom. The van der Waals surface area contributed by atoms with Crippen LogP contribution in [0.15, 0.2) is 84.9 Å². The van der Waals surface area contributed by atoms with Crippen molar-refractivity contribution in [1.82, 2.24) is 0 Å². The SMILES string of the molecule is CCCCCCCCCCCCCCCCOS(=O)(=O)[O-].O=S(=O)([O-])C(c1cccc2ccccc12)(c1cccc2ccccc12)S(=O)(=O)O.[Na+].[Na+]. The maximum atomic E-state index is 12.8. The van der Waals surface area contributed by atoms with Gasteiger partial charge in [-0.25, -0.2) is 16.8 Å². The molecule has 276 valence electrons. The molecule has 0 aromatic heterocycles. The van der Waals surface area contributed by atoms with E-state index in [-0.39, 0.29) is 87.6 Å². The van der Waals surface area contributed by atoms with Crippen molar-refractivity contribution in [3.63, 3.8) is 0 Å². The summed E-state index contributed by atoms with van der Waals surface area (Å²) in [5.41, 5.74) is -0.631. The first-order valence-corrected chi connectivity index (χ1v) is 21.4. The van der Waals surface area contributed by atoms with Gasteiger partial charge in [0.05, 0.1) is 6.61 Å². The van der Waals surface area contributed by atoms with Crippen molar-refractivity contribution in [3.05, 3.63) is 96.1 Å². The van der Waals surface area contributed by atoms with Gasteiger partial charge in [-0.2, -0.15) is 8.42 Å². The third kappa shape index (κ3) is 14.3. The van der Waals surface area contributed by atoms with Crippen LogP contribution >= 0.6 is 0 Å². The minimum atomic E-state index is -5.66. The van der Waals surface area contributed by atoms with Gasteiger partial charge in [-0.1, -0.05) is 175 Å². The van der Waals surface area contributed by atoms with Crippen LogP contribution in [0.2, 0.25) is 0 Å². The quantitative estimate of drug-likeness (QED) is 0.0606. The Morgan fingerprint density at radius 3 is 1.23 bits per heavy atom. The Bertz CT molecular complexity index is 1860. The number of hydrogen-bond donors (Lipinski definition) is 1. The average molecular weight is 795 g/mol. The van der Waals surface area contributed by atoms with Crippen LogP contribution in [-0.4, -0.2) is 45.5 Å². The van der Waals surface area contributed by atoms with Gasteiger partial charge in [-0.05, 0) is 28.0 Å². The fourth-order valence-corrected chi connectivity index (χ4v) is 9.46. The van der Waals surface area contributed by atoms with Crippen LogP contribution < -0.4 is 59.1 Å². The van der Waals surface area contributed by atoms with E-state index >= 15 is 0 Å². The summed E-state index contributed by atoms with van der Waals surface area (Å²) < 4.78 is 105. The molecule has 0 spiro atoms. The van der Waals surface area contributed by atoms with Gasteiger partial charge in [-0.3, -0.25) is 8.74 Å². The third-order valence-electron chi connectivity index (χ3n) is 8.73. The van der Waals surface area contributed by atoms with Crippen molar-refractivity contribution in [3.8, 4) is 0 Å². The van der Waals surface area contributed by atoms with Crippen molar-refractivity contribution in [2.45, 2.75) is 101 Å². The summed E-state index contributed by atoms with van der Waals surface area (Å²) in [5, 5.41) is 1.53. The van der Waals surface area contributed by atoms with E-state index in [1.54, 1.807) is 48.5 Å². The Hall–Kier alpha value is -0.910. The average Bonchev–Trinajstić information content (AvgIpc) is 3.05. The molecule has 0 bridgehead atoms. The number of hydrogen-bond acceptors (Lipinski definition) is 9. The van der Waals surface area contributed by atoms with Crippen molar-refractivity contribution in [1.29, 1.82) is 0 Å². The first-order valence-electron chi connectivity index (χ1n) is 17.2. The second kappa shape index (κ2) is 23.9. The summed E-state index contributed by atoms with van der Waals surface area (Å²) in [7, 11) is -15.6. The van der Waals surface area contributed by atoms with Gasteiger partial charge in [0.1, 0.15) is 10.1 Å². The summed E-state index contributed by atoms with van der Waals surface area (Å²) in [5.74, 6) is 0. The van der Waals surface area contributed by atoms with Gasteiger partial charge in [0.25, 0.3) is 10.1 Å². The summed E-state index contributed by atoms with van der Waals surface area (Å²) in [6.45, 7) is 2.28. The van der Waals surface area contributed by atoms with Gasteiger partial charge in [0.2, 0.25) is 14.5 Å². The van der Waals surface area contributed by atoms with E-state index < -0.39 is 34.7 Å². The van der Waals surface area contributed by atoms with Crippen LogP contribution in [0.5, 0.6) is 0 Å². The molecule has 4 aromatic carbocycles. The molecule has 0 atom stereocenters. The Kier molecular flexibility index (Phi) is 22.6. The first kappa shape index (κ1) is 49.1. The van der Waals surface area contributed by atoms with E-state index in [1.165, 1.54) is 107 Å². The molecular weight excluding hydrogens is 747 g/mol. The predicted octanol–water partition coefficient (Wildman–Crippen LogP) is 2.58. The molecule has 0 unspecified atom stereocenters. The largest absolute Gasteiger partial charge is 1.00 e. The van der Waals surface area contributed by atoms with Crippen molar-refractivity contribution < 1.29 is 102 Å². The second-order valence-electron chi connectivity index (χ2n) is 12.4. The van der Waals surface area contributed by atoms with E-state index in [0.29, 0.717) is 17.2 Å². The van der Waals surface area contributed by atoms with E-state index in [1.807, 2.05) is 0 Å². The van der Waals surface area contributed by atoms with E-state index in [2.05, 4.69) is 11.1 Å². The molecule has 0 aliphatic rings. The fraction of sp³-hybridized carbons (Fsp3) is 0.459. The van der Waals surface area contributed by atoms with Crippen LogP contribution in [0.3, 0.4) is 0 Å². The normalized spacial score (nSPS) is 12.1. The summed E-state index contributed by atoms with van der Waals surface area (Å²) in [6, 6.07) is 21.7. The summed E-state index contributed by atoms with van der Waals surface area (Å²) in [6.07, 6.45) is 17.4. The number of benzene rings is 4. The molecule has 4 rings (SSSR count). The maximum absolute atomic E-state index is 12.8. The molecule has 0 amide bonds. The smallest absolute Gasteiger partial charge is 0.746 e. The van der Waals surface area contributed by atoms with Crippen molar-refractivity contribution in [2.75, 3.05) is 6.61 Å². The minimum absolute atomic E-state index is 0. The van der Waals surface area contributed by atoms with E-state index in [9.17, 15) is 38.9 Å².